The fourth-order valence-electron chi connectivity index (χ4n) is 8.21. The number of ether oxygens (including phenoxy) is 1. The summed E-state index contributed by atoms with van der Waals surface area (Å²) >= 11 is 7.87. The molecule has 2 amide bonds. The number of nitrogens with zero attached hydrogens (tertiary/aromatic N) is 10. The van der Waals surface area contributed by atoms with Crippen molar-refractivity contribution in [2.45, 2.75) is 71.1 Å². The molecule has 4 aromatic heterocycles. The molecular weight excluding hydrogens is 814 g/mol. The largest absolute Gasteiger partial charge is 0.490 e. The topological polar surface area (TPSA) is 181 Å². The van der Waals surface area contributed by atoms with E-state index >= 15 is 0 Å². The second-order valence-electron chi connectivity index (χ2n) is 15.5. The Labute approximate surface area is 361 Å². The first-order valence-electron chi connectivity index (χ1n) is 20.3. The smallest absolute Gasteiger partial charge is 0.274 e. The van der Waals surface area contributed by atoms with Gasteiger partial charge in [-0.25, -0.2) is 4.98 Å². The van der Waals surface area contributed by atoms with Gasteiger partial charge in [0.2, 0.25) is 0 Å². The monoisotopic (exact) mass is 855 g/mol. The zero-order chi connectivity index (χ0) is 42.2. The lowest BCUT2D eigenvalue weighted by atomic mass is 9.93. The summed E-state index contributed by atoms with van der Waals surface area (Å²) in [7, 11) is 0. The summed E-state index contributed by atoms with van der Waals surface area (Å²) < 4.78 is 13.8. The van der Waals surface area contributed by atoms with Crippen LogP contribution < -0.4 is 15.0 Å². The molecule has 310 valence electrons. The number of nitrogens with one attached hydrogen (secondary N) is 1. The molecule has 2 aliphatic heterocycles. The lowest BCUT2D eigenvalue weighted by Gasteiger charge is -2.36. The van der Waals surface area contributed by atoms with E-state index in [-0.39, 0.29) is 41.4 Å². The van der Waals surface area contributed by atoms with Gasteiger partial charge in [0.1, 0.15) is 34.9 Å². The van der Waals surface area contributed by atoms with E-state index < -0.39 is 0 Å². The molecule has 2 aromatic carbocycles. The molecule has 0 bridgehead atoms. The number of halogens is 1. The predicted octanol–water partition coefficient (Wildman–Crippen LogP) is 6.77. The van der Waals surface area contributed by atoms with E-state index in [0.717, 1.165) is 64.9 Å². The van der Waals surface area contributed by atoms with Crippen LogP contribution in [0.3, 0.4) is 0 Å². The number of nitriles is 1. The predicted molar refractivity (Wildman–Crippen MR) is 229 cm³/mol. The van der Waals surface area contributed by atoms with Gasteiger partial charge in [-0.05, 0) is 88.4 Å². The molecule has 1 aliphatic carbocycles. The number of carbonyl (C=O) groups is 2. The summed E-state index contributed by atoms with van der Waals surface area (Å²) in [4.78, 5) is 41.5. The highest BCUT2D eigenvalue weighted by atomic mass is 35.5. The highest BCUT2D eigenvalue weighted by Crippen LogP contribution is 2.40. The number of fused-ring (bicyclic) bond motifs is 3. The van der Waals surface area contributed by atoms with Crippen LogP contribution in [0.5, 0.6) is 5.75 Å². The third-order valence-electron chi connectivity index (χ3n) is 11.7. The molecule has 6 heterocycles. The third-order valence-corrected chi connectivity index (χ3v) is 13.2. The van der Waals surface area contributed by atoms with Gasteiger partial charge in [0.25, 0.3) is 11.8 Å². The Morgan fingerprint density at radius 1 is 0.951 bits per heavy atom. The van der Waals surface area contributed by atoms with Crippen LogP contribution in [0.25, 0.3) is 5.00 Å². The van der Waals surface area contributed by atoms with Gasteiger partial charge in [0.05, 0.1) is 35.0 Å². The average molecular weight is 856 g/mol. The van der Waals surface area contributed by atoms with Crippen molar-refractivity contribution in [3.63, 3.8) is 0 Å². The minimum Gasteiger partial charge on any atom is -0.490 e. The minimum atomic E-state index is -0.349. The number of hydrogen-bond acceptors (Lipinski definition) is 13. The van der Waals surface area contributed by atoms with Crippen molar-refractivity contribution in [3.8, 4) is 16.8 Å². The standard InChI is InChI=1S/C44H42ClN11O4S/c1-25-26(2)61-44-39(25)40(49-37(23-38-47-16-21-59-38)41-53-50-27(3)56(41)44)28-4-9-31(10-5-28)54-17-19-55(20-18-54)43(58)36-15-14-35(51-52-36)42(57)48-30-7-12-32(13-8-30)60-33-11-6-29(24-46)34(45)22-33/h4-6,9-11,14-16,21-22,30,32,37H,7-8,12-13,17-20,23H2,1-3H3,(H,48,57)/t30-,32-,37-/m0/s1. The maximum atomic E-state index is 13.5. The molecule has 17 heteroatoms. The molecule has 3 aliphatic rings. The fourth-order valence-corrected chi connectivity index (χ4v) is 9.63. The molecular formula is C44H42ClN11O4S. The van der Waals surface area contributed by atoms with Gasteiger partial charge in [-0.15, -0.1) is 31.7 Å². The lowest BCUT2D eigenvalue weighted by molar-refractivity contribution is 0.0738. The Kier molecular flexibility index (Phi) is 11.1. The molecule has 0 radical (unpaired) electrons. The van der Waals surface area contributed by atoms with E-state index in [2.05, 4.69) is 78.3 Å². The van der Waals surface area contributed by atoms with E-state index in [1.54, 1.807) is 59.0 Å². The van der Waals surface area contributed by atoms with Crippen LogP contribution in [0.1, 0.15) is 97.4 Å². The summed E-state index contributed by atoms with van der Waals surface area (Å²) in [6, 6.07) is 18.3. The zero-order valence-corrected chi connectivity index (χ0v) is 35.4. The molecule has 1 N–H and O–H groups in total. The number of amides is 2. The van der Waals surface area contributed by atoms with Crippen LogP contribution in [-0.4, -0.2) is 90.7 Å². The Balaban J connectivity index is 0.803. The Morgan fingerprint density at radius 2 is 1.70 bits per heavy atom. The van der Waals surface area contributed by atoms with Gasteiger partial charge < -0.3 is 24.3 Å². The highest BCUT2D eigenvalue weighted by molar-refractivity contribution is 7.15. The lowest BCUT2D eigenvalue weighted by Crippen LogP contribution is -2.49. The van der Waals surface area contributed by atoms with Gasteiger partial charge in [0, 0.05) is 60.0 Å². The quantitative estimate of drug-likeness (QED) is 0.162. The Hall–Kier alpha value is -6.44. The van der Waals surface area contributed by atoms with Crippen LogP contribution in [0, 0.1) is 32.1 Å². The van der Waals surface area contributed by atoms with Crippen LogP contribution in [0.4, 0.5) is 5.69 Å². The van der Waals surface area contributed by atoms with Crippen molar-refractivity contribution < 1.29 is 18.7 Å². The Bertz CT molecular complexity index is 2650. The average Bonchev–Trinajstić information content (AvgIpc) is 3.99. The minimum absolute atomic E-state index is 0.0124. The van der Waals surface area contributed by atoms with Crippen molar-refractivity contribution in [2.24, 2.45) is 4.99 Å². The third kappa shape index (κ3) is 8.10. The summed E-state index contributed by atoms with van der Waals surface area (Å²) in [5, 5.41) is 30.9. The summed E-state index contributed by atoms with van der Waals surface area (Å²) in [5.41, 5.74) is 5.97. The van der Waals surface area contributed by atoms with Gasteiger partial charge in [0.15, 0.2) is 23.1 Å². The number of benzene rings is 2. The van der Waals surface area contributed by atoms with E-state index in [1.807, 2.05) is 13.0 Å². The number of aliphatic imine (C=N–C) groups is 1. The maximum absolute atomic E-state index is 13.5. The van der Waals surface area contributed by atoms with Crippen LogP contribution >= 0.6 is 22.9 Å². The number of aryl methyl sites for hydroxylation is 2. The normalized spacial score (nSPS) is 18.7. The molecule has 1 saturated carbocycles. The van der Waals surface area contributed by atoms with E-state index in [9.17, 15) is 9.59 Å². The molecule has 1 atom stereocenters. The number of anilines is 1. The SMILES string of the molecule is Cc1sc2c(c1C)C(c1ccc(N3CCN(C(=O)c4ccc(C(=O)N[C@H]5CC[C@H](Oc6ccc(C#N)c(Cl)c6)CC5)nn4)CC3)cc1)=N[C@@H](Cc1ncco1)c1nnc(C)n1-2. The molecule has 61 heavy (non-hydrogen) atoms. The first kappa shape index (κ1) is 40.0. The van der Waals surface area contributed by atoms with Gasteiger partial charge in [-0.2, -0.15) is 5.26 Å². The van der Waals surface area contributed by atoms with Gasteiger partial charge in [-0.3, -0.25) is 19.1 Å². The number of rotatable bonds is 9. The number of aromatic nitrogens is 6. The number of thiophene rings is 1. The van der Waals surface area contributed by atoms with E-state index in [4.69, 9.17) is 31.0 Å². The molecule has 1 saturated heterocycles. The molecule has 2 fully saturated rings. The molecule has 15 nitrogen and oxygen atoms in total. The van der Waals surface area contributed by atoms with Crippen molar-refractivity contribution in [2.75, 3.05) is 31.1 Å². The number of oxazole rings is 1. The van der Waals surface area contributed by atoms with Crippen LogP contribution in [0.2, 0.25) is 5.02 Å². The molecule has 0 unspecified atom stereocenters. The summed E-state index contributed by atoms with van der Waals surface area (Å²) in [5.74, 6) is 2.23. The van der Waals surface area contributed by atoms with E-state index in [0.29, 0.717) is 54.8 Å². The fraction of sp³-hybridized carbons (Fsp3) is 0.341. The first-order valence-corrected chi connectivity index (χ1v) is 21.5. The van der Waals surface area contributed by atoms with Gasteiger partial charge in [-0.1, -0.05) is 23.7 Å². The summed E-state index contributed by atoms with van der Waals surface area (Å²) in [6.45, 7) is 8.56. The Morgan fingerprint density at radius 3 is 2.39 bits per heavy atom. The second kappa shape index (κ2) is 16.9. The maximum Gasteiger partial charge on any atom is 0.274 e. The van der Waals surface area contributed by atoms with E-state index in [1.165, 1.54) is 10.4 Å². The zero-order valence-electron chi connectivity index (χ0n) is 33.8. The van der Waals surface area contributed by atoms with Crippen LogP contribution in [0.15, 0.2) is 76.5 Å². The molecule has 0 spiro atoms. The number of carbonyl (C=O) groups excluding carboxylic acids is 2. The number of hydrogen-bond donors (Lipinski definition) is 1. The van der Waals surface area contributed by atoms with Crippen molar-refractivity contribution >= 4 is 46.2 Å². The second-order valence-corrected chi connectivity index (χ2v) is 17.1. The van der Waals surface area contributed by atoms with Crippen LogP contribution in [-0.2, 0) is 6.42 Å². The number of piperazine rings is 1. The molecule has 9 rings (SSSR count). The highest BCUT2D eigenvalue weighted by Gasteiger charge is 2.33. The van der Waals surface area contributed by atoms with Crippen molar-refractivity contribution in [1.82, 2.24) is 40.2 Å². The van der Waals surface area contributed by atoms with Crippen molar-refractivity contribution in [3.05, 3.63) is 128 Å². The molecule has 6 aromatic rings. The van der Waals surface area contributed by atoms with Gasteiger partial charge >= 0.3 is 0 Å². The first-order chi connectivity index (χ1) is 29.6. The summed E-state index contributed by atoms with van der Waals surface area (Å²) in [6.07, 6.45) is 6.64. The van der Waals surface area contributed by atoms with Crippen molar-refractivity contribution in [1.29, 1.82) is 5.26 Å².